The van der Waals surface area contributed by atoms with Crippen molar-refractivity contribution in [3.63, 3.8) is 0 Å². The number of aliphatic hydroxyl groups is 2. The summed E-state index contributed by atoms with van der Waals surface area (Å²) in [5.74, 6) is 0. The van der Waals surface area contributed by atoms with Gasteiger partial charge in [0, 0.05) is 24.7 Å². The molecule has 8 nitrogen and oxygen atoms in total. The molecule has 1 aliphatic rings. The Hall–Kier alpha value is -2.36. The minimum absolute atomic E-state index is 0.00329. The summed E-state index contributed by atoms with van der Waals surface area (Å²) in [6.07, 6.45) is -1.80. The van der Waals surface area contributed by atoms with Gasteiger partial charge in [0.15, 0.2) is 12.4 Å². The first-order valence-electron chi connectivity index (χ1n) is 7.32. The predicted octanol–water partition coefficient (Wildman–Crippen LogP) is -0.958. The zero-order valence-electron chi connectivity index (χ0n) is 12.5. The number of hydrogen-bond donors (Lipinski definition) is 2. The Morgan fingerprint density at radius 1 is 1.25 bits per heavy atom. The lowest BCUT2D eigenvalue weighted by atomic mass is 10.1. The van der Waals surface area contributed by atoms with Gasteiger partial charge in [0.05, 0.1) is 13.2 Å². The van der Waals surface area contributed by atoms with Crippen LogP contribution in [0.1, 0.15) is 11.8 Å². The van der Waals surface area contributed by atoms with Gasteiger partial charge in [0.25, 0.3) is 5.56 Å². The number of nitrogens with zero attached hydrogens (tertiary/aromatic N) is 3. The van der Waals surface area contributed by atoms with Crippen LogP contribution in [0.2, 0.25) is 0 Å². The number of alkyl halides is 1. The Morgan fingerprint density at radius 3 is 2.58 bits per heavy atom. The number of rotatable bonds is 4. The van der Waals surface area contributed by atoms with Crippen molar-refractivity contribution in [3.05, 3.63) is 63.2 Å². The van der Waals surface area contributed by atoms with E-state index in [2.05, 4.69) is 4.98 Å². The van der Waals surface area contributed by atoms with E-state index < -0.39 is 42.5 Å². The first-order chi connectivity index (χ1) is 11.5. The van der Waals surface area contributed by atoms with Gasteiger partial charge in [-0.05, 0) is 17.7 Å². The maximum atomic E-state index is 14.2. The monoisotopic (exact) mass is 337 g/mol. The van der Waals surface area contributed by atoms with Gasteiger partial charge in [-0.25, -0.2) is 9.18 Å². The Balaban J connectivity index is 1.98. The van der Waals surface area contributed by atoms with Crippen molar-refractivity contribution in [1.29, 1.82) is 0 Å². The van der Waals surface area contributed by atoms with E-state index in [-0.39, 0.29) is 6.54 Å². The molecule has 4 atom stereocenters. The third kappa shape index (κ3) is 2.88. The van der Waals surface area contributed by atoms with Crippen molar-refractivity contribution in [1.82, 2.24) is 14.1 Å². The van der Waals surface area contributed by atoms with E-state index in [0.717, 1.165) is 21.4 Å². The standard InChI is InChI=1S/C15H16FN3O5/c16-12-13(22)10(8-20)24-14(12)18-6-3-11(21)19(15(18)23)7-9-1-4-17-5-2-9/h1-6,10,12-14,20,22H,7-8H2/t10-,12+,13-,14-/m1/s1. The molecule has 1 fully saturated rings. The van der Waals surface area contributed by atoms with E-state index in [0.29, 0.717) is 5.56 Å². The summed E-state index contributed by atoms with van der Waals surface area (Å²) in [7, 11) is 0. The molecule has 128 valence electrons. The van der Waals surface area contributed by atoms with E-state index in [1.165, 1.54) is 12.4 Å². The van der Waals surface area contributed by atoms with Crippen molar-refractivity contribution in [2.24, 2.45) is 0 Å². The van der Waals surface area contributed by atoms with Gasteiger partial charge in [-0.2, -0.15) is 0 Å². The van der Waals surface area contributed by atoms with Crippen LogP contribution in [0.4, 0.5) is 4.39 Å². The number of aliphatic hydroxyl groups excluding tert-OH is 2. The quantitative estimate of drug-likeness (QED) is 0.744. The summed E-state index contributed by atoms with van der Waals surface area (Å²) in [5, 5.41) is 18.8. The minimum Gasteiger partial charge on any atom is -0.394 e. The summed E-state index contributed by atoms with van der Waals surface area (Å²) in [4.78, 5) is 28.4. The van der Waals surface area contributed by atoms with Crippen LogP contribution in [0.5, 0.6) is 0 Å². The fourth-order valence-electron chi connectivity index (χ4n) is 2.62. The molecule has 3 rings (SSSR count). The van der Waals surface area contributed by atoms with Gasteiger partial charge >= 0.3 is 5.69 Å². The van der Waals surface area contributed by atoms with Gasteiger partial charge < -0.3 is 14.9 Å². The van der Waals surface area contributed by atoms with Gasteiger partial charge in [0.2, 0.25) is 0 Å². The number of pyridine rings is 1. The molecule has 0 unspecified atom stereocenters. The highest BCUT2D eigenvalue weighted by molar-refractivity contribution is 5.10. The molecule has 2 N–H and O–H groups in total. The first-order valence-corrected chi connectivity index (χ1v) is 7.32. The van der Waals surface area contributed by atoms with E-state index in [9.17, 15) is 19.1 Å². The third-order valence-electron chi connectivity index (χ3n) is 3.93. The van der Waals surface area contributed by atoms with E-state index in [1.54, 1.807) is 12.1 Å². The van der Waals surface area contributed by atoms with E-state index >= 15 is 0 Å². The van der Waals surface area contributed by atoms with Crippen molar-refractivity contribution < 1.29 is 19.3 Å². The van der Waals surface area contributed by atoms with Gasteiger partial charge in [-0.3, -0.25) is 18.9 Å². The molecule has 2 aromatic rings. The largest absolute Gasteiger partial charge is 0.394 e. The van der Waals surface area contributed by atoms with Crippen LogP contribution in [-0.2, 0) is 11.3 Å². The first kappa shape index (κ1) is 16.5. The highest BCUT2D eigenvalue weighted by Gasteiger charge is 2.45. The minimum atomic E-state index is -1.90. The molecule has 24 heavy (non-hydrogen) atoms. The second-order valence-corrected chi connectivity index (χ2v) is 5.47. The average Bonchev–Trinajstić information content (AvgIpc) is 2.88. The van der Waals surface area contributed by atoms with E-state index in [1.807, 2.05) is 0 Å². The maximum Gasteiger partial charge on any atom is 0.333 e. The molecule has 0 spiro atoms. The lowest BCUT2D eigenvalue weighted by Crippen LogP contribution is -2.42. The molecule has 0 aliphatic carbocycles. The zero-order valence-corrected chi connectivity index (χ0v) is 12.5. The Bertz CT molecular complexity index is 822. The molecular weight excluding hydrogens is 321 g/mol. The summed E-state index contributed by atoms with van der Waals surface area (Å²) in [6.45, 7) is -0.583. The smallest absolute Gasteiger partial charge is 0.333 e. The van der Waals surface area contributed by atoms with Crippen molar-refractivity contribution >= 4 is 0 Å². The topological polar surface area (TPSA) is 107 Å². The van der Waals surface area contributed by atoms with Crippen molar-refractivity contribution in [2.45, 2.75) is 31.2 Å². The molecule has 1 saturated heterocycles. The Kier molecular flexibility index (Phi) is 4.56. The van der Waals surface area contributed by atoms with Crippen molar-refractivity contribution in [2.75, 3.05) is 6.61 Å². The fraction of sp³-hybridized carbons (Fsp3) is 0.400. The highest BCUT2D eigenvalue weighted by Crippen LogP contribution is 2.30. The summed E-state index contributed by atoms with van der Waals surface area (Å²) < 4.78 is 21.3. The van der Waals surface area contributed by atoms with Gasteiger partial charge in [-0.15, -0.1) is 0 Å². The van der Waals surface area contributed by atoms with Gasteiger partial charge in [-0.1, -0.05) is 0 Å². The van der Waals surface area contributed by atoms with Gasteiger partial charge in [0.1, 0.15) is 12.2 Å². The summed E-state index contributed by atoms with van der Waals surface area (Å²) >= 11 is 0. The molecule has 0 radical (unpaired) electrons. The van der Waals surface area contributed by atoms with Crippen molar-refractivity contribution in [3.8, 4) is 0 Å². The number of halogens is 1. The molecule has 0 aromatic carbocycles. The van der Waals surface area contributed by atoms with Crippen LogP contribution in [0.3, 0.4) is 0 Å². The molecule has 2 aromatic heterocycles. The average molecular weight is 337 g/mol. The van der Waals surface area contributed by atoms with Crippen LogP contribution in [0, 0.1) is 0 Å². The van der Waals surface area contributed by atoms with Crippen LogP contribution in [0.15, 0.2) is 46.4 Å². The molecule has 1 aliphatic heterocycles. The second-order valence-electron chi connectivity index (χ2n) is 5.47. The van der Waals surface area contributed by atoms with Crippen LogP contribution >= 0.6 is 0 Å². The van der Waals surface area contributed by atoms with Crippen LogP contribution < -0.4 is 11.2 Å². The zero-order chi connectivity index (χ0) is 17.3. The number of hydrogen-bond acceptors (Lipinski definition) is 6. The molecule has 3 heterocycles. The number of aromatic nitrogens is 3. The molecule has 9 heteroatoms. The van der Waals surface area contributed by atoms with Crippen LogP contribution in [-0.4, -0.2) is 49.3 Å². The molecule has 0 bridgehead atoms. The Labute approximate surface area is 135 Å². The summed E-state index contributed by atoms with van der Waals surface area (Å²) in [5.41, 5.74) is -0.627. The number of ether oxygens (including phenoxy) is 1. The highest BCUT2D eigenvalue weighted by atomic mass is 19.1. The molecule has 0 amide bonds. The maximum absolute atomic E-state index is 14.2. The lowest BCUT2D eigenvalue weighted by molar-refractivity contribution is -0.0496. The normalized spacial score (nSPS) is 26.6. The van der Waals surface area contributed by atoms with Crippen LogP contribution in [0.25, 0.3) is 0 Å². The fourth-order valence-corrected chi connectivity index (χ4v) is 2.62. The summed E-state index contributed by atoms with van der Waals surface area (Å²) in [6, 6.07) is 4.43. The lowest BCUT2D eigenvalue weighted by Gasteiger charge is -2.17. The van der Waals surface area contributed by atoms with E-state index in [4.69, 9.17) is 9.84 Å². The Morgan fingerprint density at radius 2 is 1.96 bits per heavy atom. The SMILES string of the molecule is O=c1ccn([C@@H]2O[C@H](CO)[C@@H](O)[C@@H]2F)c(=O)n1Cc1ccncc1. The molecule has 0 saturated carbocycles. The predicted molar refractivity (Wildman–Crippen MR) is 80.2 cm³/mol. The third-order valence-corrected chi connectivity index (χ3v) is 3.93. The molecular formula is C15H16FN3O5. The second kappa shape index (κ2) is 6.63.